The highest BCUT2D eigenvalue weighted by Gasteiger charge is 2.22. The topological polar surface area (TPSA) is 66.5 Å². The van der Waals surface area contributed by atoms with Crippen LogP contribution in [0, 0.1) is 0 Å². The Morgan fingerprint density at radius 2 is 2.19 bits per heavy atom. The third kappa shape index (κ3) is 4.49. The van der Waals surface area contributed by atoms with Crippen molar-refractivity contribution in [2.24, 2.45) is 0 Å². The molecule has 0 spiro atoms. The van der Waals surface area contributed by atoms with Gasteiger partial charge in [-0.1, -0.05) is 0 Å². The van der Waals surface area contributed by atoms with Crippen molar-refractivity contribution in [1.29, 1.82) is 0 Å². The van der Waals surface area contributed by atoms with Crippen LogP contribution in [0.4, 0.5) is 0 Å². The summed E-state index contributed by atoms with van der Waals surface area (Å²) in [5.41, 5.74) is 0. The number of nitrogens with zero attached hydrogens (tertiary/aromatic N) is 1. The predicted octanol–water partition coefficient (Wildman–Crippen LogP) is -0.368. The van der Waals surface area contributed by atoms with Gasteiger partial charge in [-0.2, -0.15) is 0 Å². The van der Waals surface area contributed by atoms with Gasteiger partial charge in [-0.05, 0) is 19.9 Å². The number of likely N-dealkylation sites (tertiary alicyclic amines) is 1. The maximum absolute atomic E-state index is 11.7. The number of nitrogens with one attached hydrogen (secondary N) is 1. The van der Waals surface area contributed by atoms with Crippen molar-refractivity contribution in [3.8, 4) is 0 Å². The normalized spacial score (nSPS) is 22.1. The maximum atomic E-state index is 11.7. The molecule has 1 amide bonds. The van der Waals surface area contributed by atoms with E-state index in [0.717, 1.165) is 25.6 Å². The van der Waals surface area contributed by atoms with E-state index in [0.29, 0.717) is 12.6 Å². The van der Waals surface area contributed by atoms with Gasteiger partial charge in [0, 0.05) is 31.8 Å². The smallest absolute Gasteiger partial charge is 0.223 e. The fourth-order valence-corrected chi connectivity index (χ4v) is 2.42. The summed E-state index contributed by atoms with van der Waals surface area (Å²) in [6, 6.07) is 0.343. The van der Waals surface area contributed by atoms with Crippen molar-refractivity contribution < 1.29 is 13.2 Å². The second-order valence-electron chi connectivity index (χ2n) is 4.35. The van der Waals surface area contributed by atoms with E-state index < -0.39 is 9.84 Å². The van der Waals surface area contributed by atoms with E-state index in [-0.39, 0.29) is 18.1 Å². The van der Waals surface area contributed by atoms with Gasteiger partial charge in [-0.3, -0.25) is 4.79 Å². The van der Waals surface area contributed by atoms with Gasteiger partial charge in [0.1, 0.15) is 9.84 Å². The van der Waals surface area contributed by atoms with Crippen molar-refractivity contribution in [3.63, 3.8) is 0 Å². The van der Waals surface area contributed by atoms with E-state index in [2.05, 4.69) is 5.32 Å². The number of sulfone groups is 1. The molecule has 1 heterocycles. The molecule has 1 N–H and O–H groups in total. The van der Waals surface area contributed by atoms with Crippen molar-refractivity contribution in [2.75, 3.05) is 32.1 Å². The SMILES string of the molecule is CNC1CCCN(C(=O)CCS(C)(=O)=O)C1. The van der Waals surface area contributed by atoms with Gasteiger partial charge < -0.3 is 10.2 Å². The molecule has 0 saturated carbocycles. The number of hydrogen-bond donors (Lipinski definition) is 1. The summed E-state index contributed by atoms with van der Waals surface area (Å²) >= 11 is 0. The maximum Gasteiger partial charge on any atom is 0.223 e. The molecule has 1 aliphatic heterocycles. The third-order valence-corrected chi connectivity index (χ3v) is 3.81. The minimum absolute atomic E-state index is 0.0491. The van der Waals surface area contributed by atoms with Crippen molar-refractivity contribution in [2.45, 2.75) is 25.3 Å². The average molecular weight is 248 g/mol. The molecule has 0 radical (unpaired) electrons. The van der Waals surface area contributed by atoms with Gasteiger partial charge in [0.15, 0.2) is 0 Å². The summed E-state index contributed by atoms with van der Waals surface area (Å²) in [4.78, 5) is 13.5. The quantitative estimate of drug-likeness (QED) is 0.737. The molecule has 1 rings (SSSR count). The van der Waals surface area contributed by atoms with E-state index in [9.17, 15) is 13.2 Å². The van der Waals surface area contributed by atoms with Crippen molar-refractivity contribution >= 4 is 15.7 Å². The van der Waals surface area contributed by atoms with Gasteiger partial charge in [-0.25, -0.2) is 8.42 Å². The largest absolute Gasteiger partial charge is 0.341 e. The first-order valence-corrected chi connectivity index (χ1v) is 7.61. The summed E-state index contributed by atoms with van der Waals surface area (Å²) in [7, 11) is -1.16. The number of carbonyl (C=O) groups is 1. The summed E-state index contributed by atoms with van der Waals surface area (Å²) in [5.74, 6) is -0.0996. The fraction of sp³-hybridized carbons (Fsp3) is 0.900. The molecule has 0 aromatic rings. The van der Waals surface area contributed by atoms with Gasteiger partial charge in [0.2, 0.25) is 5.91 Å². The molecule has 1 unspecified atom stereocenters. The number of rotatable bonds is 4. The number of amides is 1. The first-order chi connectivity index (χ1) is 7.42. The Labute approximate surface area is 97.1 Å². The van der Waals surface area contributed by atoms with Crippen LogP contribution in [-0.2, 0) is 14.6 Å². The molecule has 1 atom stereocenters. The number of piperidine rings is 1. The minimum Gasteiger partial charge on any atom is -0.341 e. The minimum atomic E-state index is -3.04. The van der Waals surface area contributed by atoms with Crippen LogP contribution >= 0.6 is 0 Å². The van der Waals surface area contributed by atoms with Crippen LogP contribution in [0.15, 0.2) is 0 Å². The van der Waals surface area contributed by atoms with Gasteiger partial charge in [-0.15, -0.1) is 0 Å². The van der Waals surface area contributed by atoms with Crippen LogP contribution in [0.1, 0.15) is 19.3 Å². The Balaban J connectivity index is 2.41. The lowest BCUT2D eigenvalue weighted by molar-refractivity contribution is -0.132. The number of hydrogen-bond acceptors (Lipinski definition) is 4. The van der Waals surface area contributed by atoms with Crippen LogP contribution < -0.4 is 5.32 Å². The van der Waals surface area contributed by atoms with Crippen LogP contribution in [0.5, 0.6) is 0 Å². The van der Waals surface area contributed by atoms with Crippen LogP contribution in [0.25, 0.3) is 0 Å². The van der Waals surface area contributed by atoms with Gasteiger partial charge in [0.05, 0.1) is 5.75 Å². The highest BCUT2D eigenvalue weighted by atomic mass is 32.2. The first-order valence-electron chi connectivity index (χ1n) is 5.55. The van der Waals surface area contributed by atoms with E-state index in [1.165, 1.54) is 0 Å². The Hall–Kier alpha value is -0.620. The molecule has 6 heteroatoms. The van der Waals surface area contributed by atoms with Crippen LogP contribution in [0.2, 0.25) is 0 Å². The van der Waals surface area contributed by atoms with E-state index in [1.54, 1.807) is 4.90 Å². The molecule has 1 saturated heterocycles. The molecule has 0 bridgehead atoms. The molecular formula is C10H20N2O3S. The van der Waals surface area contributed by atoms with E-state index >= 15 is 0 Å². The number of carbonyl (C=O) groups excluding carboxylic acids is 1. The lowest BCUT2D eigenvalue weighted by atomic mass is 10.1. The molecule has 0 aromatic heterocycles. The Kier molecular flexibility index (Phi) is 4.73. The van der Waals surface area contributed by atoms with Crippen LogP contribution in [0.3, 0.4) is 0 Å². The standard InChI is InChI=1S/C10H20N2O3S/c1-11-9-4-3-6-12(8-9)10(13)5-7-16(2,14)15/h9,11H,3-8H2,1-2H3. The first kappa shape index (κ1) is 13.4. The van der Waals surface area contributed by atoms with E-state index in [4.69, 9.17) is 0 Å². The summed E-state index contributed by atoms with van der Waals surface area (Å²) in [6.07, 6.45) is 3.32. The summed E-state index contributed by atoms with van der Waals surface area (Å²) in [6.45, 7) is 1.44. The fourth-order valence-electron chi connectivity index (χ4n) is 1.87. The Morgan fingerprint density at radius 1 is 1.50 bits per heavy atom. The zero-order chi connectivity index (χ0) is 12.2. The highest BCUT2D eigenvalue weighted by Crippen LogP contribution is 2.11. The molecular weight excluding hydrogens is 228 g/mol. The molecule has 1 fully saturated rings. The average Bonchev–Trinajstić information content (AvgIpc) is 2.25. The second kappa shape index (κ2) is 5.63. The molecule has 0 aliphatic carbocycles. The van der Waals surface area contributed by atoms with Crippen molar-refractivity contribution in [3.05, 3.63) is 0 Å². The lowest BCUT2D eigenvalue weighted by Gasteiger charge is -2.32. The van der Waals surface area contributed by atoms with Crippen LogP contribution in [-0.4, -0.2) is 57.4 Å². The number of likely N-dealkylation sites (N-methyl/N-ethyl adjacent to an activating group) is 1. The predicted molar refractivity (Wildman–Crippen MR) is 63.0 cm³/mol. The molecule has 5 nitrogen and oxygen atoms in total. The third-order valence-electron chi connectivity index (χ3n) is 2.87. The van der Waals surface area contributed by atoms with Gasteiger partial charge >= 0.3 is 0 Å². The summed E-state index contributed by atoms with van der Waals surface area (Å²) < 4.78 is 21.9. The van der Waals surface area contributed by atoms with E-state index in [1.807, 2.05) is 7.05 Å². The summed E-state index contributed by atoms with van der Waals surface area (Å²) in [5, 5.41) is 3.15. The molecule has 0 aromatic carbocycles. The molecule has 94 valence electrons. The molecule has 16 heavy (non-hydrogen) atoms. The second-order valence-corrected chi connectivity index (χ2v) is 6.61. The zero-order valence-electron chi connectivity index (χ0n) is 9.90. The van der Waals surface area contributed by atoms with Gasteiger partial charge in [0.25, 0.3) is 0 Å². The zero-order valence-corrected chi connectivity index (χ0v) is 10.7. The monoisotopic (exact) mass is 248 g/mol. The van der Waals surface area contributed by atoms with Crippen molar-refractivity contribution in [1.82, 2.24) is 10.2 Å². The highest BCUT2D eigenvalue weighted by molar-refractivity contribution is 7.90. The Bertz CT molecular complexity index is 340. The lowest BCUT2D eigenvalue weighted by Crippen LogP contribution is -2.47. The Morgan fingerprint density at radius 3 is 2.75 bits per heavy atom. The molecule has 1 aliphatic rings.